The molecule has 0 unspecified atom stereocenters. The molecule has 0 aliphatic heterocycles. The molecule has 5 heteroatoms. The van der Waals surface area contributed by atoms with Crippen molar-refractivity contribution >= 4 is 11.7 Å². The average molecular weight is 251 g/mol. The van der Waals surface area contributed by atoms with E-state index < -0.39 is 5.97 Å². The number of methoxy groups -OCH3 is 2. The topological polar surface area (TPSA) is 67.8 Å². The molecule has 18 heavy (non-hydrogen) atoms. The van der Waals surface area contributed by atoms with Crippen LogP contribution in [-0.4, -0.2) is 31.8 Å². The average Bonchev–Trinajstić information content (AvgIpc) is 2.34. The first-order valence-electron chi connectivity index (χ1n) is 5.37. The third-order valence-electron chi connectivity index (χ3n) is 2.33. The van der Waals surface area contributed by atoms with E-state index in [4.69, 9.17) is 14.6 Å². The Hall–Kier alpha value is -2.17. The number of aromatic carboxylic acids is 1. The number of anilines is 1. The molecule has 0 aliphatic carbocycles. The molecule has 0 atom stereocenters. The molecule has 1 aromatic rings. The molecule has 0 bridgehead atoms. The van der Waals surface area contributed by atoms with Gasteiger partial charge in [0.25, 0.3) is 0 Å². The SMILES string of the molecule is C=C(C)CNc1cc(OC)c(OC)cc1C(=O)O. The Bertz CT molecular complexity index is 468. The summed E-state index contributed by atoms with van der Waals surface area (Å²) in [5, 5.41) is 12.2. The fraction of sp³-hybridized carbons (Fsp3) is 0.308. The van der Waals surface area contributed by atoms with Crippen molar-refractivity contribution in [3.8, 4) is 11.5 Å². The van der Waals surface area contributed by atoms with Gasteiger partial charge in [0, 0.05) is 18.7 Å². The lowest BCUT2D eigenvalue weighted by molar-refractivity contribution is 0.0697. The van der Waals surface area contributed by atoms with Crippen LogP contribution in [0.2, 0.25) is 0 Å². The Labute approximate surface area is 106 Å². The van der Waals surface area contributed by atoms with Crippen molar-refractivity contribution in [2.75, 3.05) is 26.1 Å². The lowest BCUT2D eigenvalue weighted by Crippen LogP contribution is -2.09. The first kappa shape index (κ1) is 13.9. The van der Waals surface area contributed by atoms with Crippen molar-refractivity contribution < 1.29 is 19.4 Å². The summed E-state index contributed by atoms with van der Waals surface area (Å²) in [4.78, 5) is 11.2. The summed E-state index contributed by atoms with van der Waals surface area (Å²) in [6.07, 6.45) is 0. The van der Waals surface area contributed by atoms with Crippen LogP contribution >= 0.6 is 0 Å². The lowest BCUT2D eigenvalue weighted by Gasteiger charge is -2.14. The number of carboxylic acids is 1. The molecule has 0 radical (unpaired) electrons. The Morgan fingerprint density at radius 3 is 2.33 bits per heavy atom. The van der Waals surface area contributed by atoms with Gasteiger partial charge in [-0.3, -0.25) is 0 Å². The Morgan fingerprint density at radius 1 is 1.33 bits per heavy atom. The van der Waals surface area contributed by atoms with Crippen molar-refractivity contribution in [1.29, 1.82) is 0 Å². The van der Waals surface area contributed by atoms with Gasteiger partial charge in [0.2, 0.25) is 0 Å². The van der Waals surface area contributed by atoms with E-state index in [0.717, 1.165) is 5.57 Å². The molecule has 0 fully saturated rings. The number of carbonyl (C=O) groups is 1. The smallest absolute Gasteiger partial charge is 0.337 e. The molecule has 98 valence electrons. The first-order valence-corrected chi connectivity index (χ1v) is 5.37. The second-order valence-electron chi connectivity index (χ2n) is 3.87. The number of hydrogen-bond acceptors (Lipinski definition) is 4. The molecule has 1 rings (SSSR count). The fourth-order valence-corrected chi connectivity index (χ4v) is 1.45. The van der Waals surface area contributed by atoms with E-state index in [1.807, 2.05) is 6.92 Å². The standard InChI is InChI=1S/C13H17NO4/c1-8(2)7-14-10-6-12(18-4)11(17-3)5-9(10)13(15)16/h5-6,14H,1,7H2,2-4H3,(H,15,16). The summed E-state index contributed by atoms with van der Waals surface area (Å²) in [6.45, 7) is 6.11. The van der Waals surface area contributed by atoms with E-state index in [1.54, 1.807) is 6.07 Å². The van der Waals surface area contributed by atoms with E-state index >= 15 is 0 Å². The highest BCUT2D eigenvalue weighted by atomic mass is 16.5. The van der Waals surface area contributed by atoms with Gasteiger partial charge in [-0.15, -0.1) is 0 Å². The van der Waals surface area contributed by atoms with Gasteiger partial charge in [0.15, 0.2) is 11.5 Å². The highest BCUT2D eigenvalue weighted by molar-refractivity contribution is 5.95. The minimum absolute atomic E-state index is 0.133. The van der Waals surface area contributed by atoms with Crippen LogP contribution in [0.4, 0.5) is 5.69 Å². The van der Waals surface area contributed by atoms with Crippen molar-refractivity contribution in [2.24, 2.45) is 0 Å². The molecule has 1 aromatic carbocycles. The zero-order chi connectivity index (χ0) is 13.7. The third kappa shape index (κ3) is 3.16. The number of rotatable bonds is 6. The minimum atomic E-state index is -1.03. The highest BCUT2D eigenvalue weighted by Crippen LogP contribution is 2.33. The van der Waals surface area contributed by atoms with Gasteiger partial charge in [0.05, 0.1) is 25.5 Å². The molecule has 0 saturated carbocycles. The van der Waals surface area contributed by atoms with Gasteiger partial charge in [-0.05, 0) is 6.92 Å². The Balaban J connectivity index is 3.20. The van der Waals surface area contributed by atoms with Crippen LogP contribution in [0.25, 0.3) is 0 Å². The molecule has 0 aliphatic rings. The number of ether oxygens (including phenoxy) is 2. The third-order valence-corrected chi connectivity index (χ3v) is 2.33. The molecule has 2 N–H and O–H groups in total. The first-order chi connectivity index (χ1) is 8.49. The molecule has 0 saturated heterocycles. The van der Waals surface area contributed by atoms with Crippen LogP contribution in [0.15, 0.2) is 24.3 Å². The summed E-state index contributed by atoms with van der Waals surface area (Å²) >= 11 is 0. The highest BCUT2D eigenvalue weighted by Gasteiger charge is 2.15. The van der Waals surface area contributed by atoms with Crippen LogP contribution in [-0.2, 0) is 0 Å². The van der Waals surface area contributed by atoms with E-state index in [1.165, 1.54) is 20.3 Å². The second-order valence-corrected chi connectivity index (χ2v) is 3.87. The maximum atomic E-state index is 11.2. The van der Waals surface area contributed by atoms with E-state index in [2.05, 4.69) is 11.9 Å². The van der Waals surface area contributed by atoms with Crippen molar-refractivity contribution in [1.82, 2.24) is 0 Å². The molecule has 5 nitrogen and oxygen atoms in total. The van der Waals surface area contributed by atoms with Crippen LogP contribution < -0.4 is 14.8 Å². The maximum Gasteiger partial charge on any atom is 0.337 e. The van der Waals surface area contributed by atoms with Crippen molar-refractivity contribution in [3.63, 3.8) is 0 Å². The summed E-state index contributed by atoms with van der Waals surface area (Å²) in [5.41, 5.74) is 1.51. The van der Waals surface area contributed by atoms with Crippen molar-refractivity contribution in [3.05, 3.63) is 29.8 Å². The maximum absolute atomic E-state index is 11.2. The second kappa shape index (κ2) is 5.95. The van der Waals surface area contributed by atoms with E-state index in [-0.39, 0.29) is 5.56 Å². The number of hydrogen-bond donors (Lipinski definition) is 2. The predicted molar refractivity (Wildman–Crippen MR) is 69.8 cm³/mol. The summed E-state index contributed by atoms with van der Waals surface area (Å²) in [5.74, 6) is -0.164. The monoisotopic (exact) mass is 251 g/mol. The molecular weight excluding hydrogens is 234 g/mol. The Morgan fingerprint density at radius 2 is 1.89 bits per heavy atom. The van der Waals surface area contributed by atoms with Gasteiger partial charge in [-0.2, -0.15) is 0 Å². The molecule has 0 aromatic heterocycles. The van der Waals surface area contributed by atoms with Crippen LogP contribution in [0.1, 0.15) is 17.3 Å². The number of carboxylic acid groups (broad SMARTS) is 1. The predicted octanol–water partition coefficient (Wildman–Crippen LogP) is 2.39. The number of nitrogens with one attached hydrogen (secondary N) is 1. The summed E-state index contributed by atoms with van der Waals surface area (Å²) in [7, 11) is 2.96. The van der Waals surface area contributed by atoms with Gasteiger partial charge in [-0.1, -0.05) is 12.2 Å². The van der Waals surface area contributed by atoms with E-state index in [0.29, 0.717) is 23.7 Å². The molecule has 0 amide bonds. The van der Waals surface area contributed by atoms with Crippen LogP contribution in [0.5, 0.6) is 11.5 Å². The summed E-state index contributed by atoms with van der Waals surface area (Å²) in [6, 6.07) is 3.03. The minimum Gasteiger partial charge on any atom is -0.493 e. The lowest BCUT2D eigenvalue weighted by atomic mass is 10.1. The van der Waals surface area contributed by atoms with E-state index in [9.17, 15) is 4.79 Å². The zero-order valence-corrected chi connectivity index (χ0v) is 10.7. The molecule has 0 spiro atoms. The quantitative estimate of drug-likeness (QED) is 0.760. The van der Waals surface area contributed by atoms with Crippen LogP contribution in [0, 0.1) is 0 Å². The summed E-state index contributed by atoms with van der Waals surface area (Å²) < 4.78 is 10.2. The van der Waals surface area contributed by atoms with Crippen molar-refractivity contribution in [2.45, 2.75) is 6.92 Å². The Kier molecular flexibility index (Phi) is 4.59. The van der Waals surface area contributed by atoms with Gasteiger partial charge in [-0.25, -0.2) is 4.79 Å². The van der Waals surface area contributed by atoms with Gasteiger partial charge in [0.1, 0.15) is 0 Å². The largest absolute Gasteiger partial charge is 0.493 e. The zero-order valence-electron chi connectivity index (χ0n) is 10.7. The van der Waals surface area contributed by atoms with Gasteiger partial charge >= 0.3 is 5.97 Å². The molecular formula is C13H17NO4. The normalized spacial score (nSPS) is 9.72. The molecule has 0 heterocycles. The number of benzene rings is 1. The fourth-order valence-electron chi connectivity index (χ4n) is 1.45. The van der Waals surface area contributed by atoms with Crippen LogP contribution in [0.3, 0.4) is 0 Å². The van der Waals surface area contributed by atoms with Gasteiger partial charge < -0.3 is 19.9 Å².